The molecule has 2 aromatic rings. The van der Waals surface area contributed by atoms with Gasteiger partial charge in [0, 0.05) is 21.5 Å². The lowest BCUT2D eigenvalue weighted by molar-refractivity contribution is -0.118. The molecule has 24 heavy (non-hydrogen) atoms. The van der Waals surface area contributed by atoms with Gasteiger partial charge >= 0.3 is 5.97 Å². The zero-order chi connectivity index (χ0) is 17.7. The molecule has 0 bridgehead atoms. The number of esters is 1. The van der Waals surface area contributed by atoms with E-state index in [0.717, 1.165) is 0 Å². The maximum absolute atomic E-state index is 12.4. The number of anilines is 1. The van der Waals surface area contributed by atoms with Gasteiger partial charge in [-0.2, -0.15) is 0 Å². The highest BCUT2D eigenvalue weighted by Gasteiger charge is 2.17. The van der Waals surface area contributed by atoms with E-state index in [1.807, 2.05) is 0 Å². The molecule has 0 unspecified atom stereocenters. The van der Waals surface area contributed by atoms with Crippen LogP contribution in [0.15, 0.2) is 42.5 Å². The number of benzene rings is 2. The SMILES string of the molecule is CC(C)C(=O)Nc1ccccc1C(=O)OCc1c(Cl)cccc1Cl. The van der Waals surface area contributed by atoms with Crippen LogP contribution in [0.3, 0.4) is 0 Å². The van der Waals surface area contributed by atoms with Crippen LogP contribution in [-0.2, 0) is 16.1 Å². The van der Waals surface area contributed by atoms with Crippen molar-refractivity contribution in [2.45, 2.75) is 20.5 Å². The Morgan fingerprint density at radius 3 is 2.29 bits per heavy atom. The van der Waals surface area contributed by atoms with Gasteiger partial charge in [-0.15, -0.1) is 0 Å². The van der Waals surface area contributed by atoms with Gasteiger partial charge in [0.25, 0.3) is 0 Å². The van der Waals surface area contributed by atoms with Crippen molar-refractivity contribution in [2.75, 3.05) is 5.32 Å². The van der Waals surface area contributed by atoms with E-state index in [1.165, 1.54) is 0 Å². The third-order valence-corrected chi connectivity index (χ3v) is 4.05. The zero-order valence-corrected chi connectivity index (χ0v) is 14.8. The number of halogens is 2. The normalized spacial score (nSPS) is 10.5. The van der Waals surface area contributed by atoms with Gasteiger partial charge in [0.1, 0.15) is 6.61 Å². The minimum Gasteiger partial charge on any atom is -0.457 e. The van der Waals surface area contributed by atoms with E-state index in [4.69, 9.17) is 27.9 Å². The summed E-state index contributed by atoms with van der Waals surface area (Å²) in [5.74, 6) is -0.939. The average molecular weight is 366 g/mol. The summed E-state index contributed by atoms with van der Waals surface area (Å²) < 4.78 is 5.30. The number of ether oxygens (including phenoxy) is 1. The molecule has 0 aliphatic heterocycles. The fourth-order valence-corrected chi connectivity index (χ4v) is 2.44. The molecule has 0 aliphatic rings. The Labute approximate surface area is 150 Å². The Kier molecular flexibility index (Phi) is 6.23. The molecule has 1 amide bonds. The first kappa shape index (κ1) is 18.3. The van der Waals surface area contributed by atoms with Crippen molar-refractivity contribution in [1.29, 1.82) is 0 Å². The largest absolute Gasteiger partial charge is 0.457 e. The fraction of sp³-hybridized carbons (Fsp3) is 0.222. The number of hydrogen-bond acceptors (Lipinski definition) is 3. The van der Waals surface area contributed by atoms with Gasteiger partial charge < -0.3 is 10.1 Å². The van der Waals surface area contributed by atoms with Crippen molar-refractivity contribution in [2.24, 2.45) is 5.92 Å². The molecule has 0 atom stereocenters. The van der Waals surface area contributed by atoms with Crippen molar-refractivity contribution in [3.05, 3.63) is 63.6 Å². The first-order valence-corrected chi connectivity index (χ1v) is 8.15. The van der Waals surface area contributed by atoms with Crippen LogP contribution in [0.25, 0.3) is 0 Å². The molecule has 0 aromatic heterocycles. The Morgan fingerprint density at radius 1 is 1.04 bits per heavy atom. The third kappa shape index (κ3) is 4.49. The topological polar surface area (TPSA) is 55.4 Å². The lowest BCUT2D eigenvalue weighted by atomic mass is 10.1. The van der Waals surface area contributed by atoms with Crippen LogP contribution < -0.4 is 5.32 Å². The van der Waals surface area contributed by atoms with Crippen LogP contribution >= 0.6 is 23.2 Å². The third-order valence-electron chi connectivity index (χ3n) is 3.34. The van der Waals surface area contributed by atoms with Crippen LogP contribution in [-0.4, -0.2) is 11.9 Å². The number of carbonyl (C=O) groups excluding carboxylic acids is 2. The van der Waals surface area contributed by atoms with E-state index >= 15 is 0 Å². The molecule has 126 valence electrons. The molecule has 0 saturated carbocycles. The summed E-state index contributed by atoms with van der Waals surface area (Å²) in [7, 11) is 0. The zero-order valence-electron chi connectivity index (χ0n) is 13.3. The van der Waals surface area contributed by atoms with Crippen LogP contribution in [0.2, 0.25) is 10.0 Å². The van der Waals surface area contributed by atoms with Gasteiger partial charge in [-0.1, -0.05) is 55.2 Å². The second-order valence-electron chi connectivity index (χ2n) is 5.47. The van der Waals surface area contributed by atoms with Crippen molar-refractivity contribution in [3.8, 4) is 0 Å². The van der Waals surface area contributed by atoms with Gasteiger partial charge in [-0.3, -0.25) is 4.79 Å². The van der Waals surface area contributed by atoms with E-state index in [9.17, 15) is 9.59 Å². The summed E-state index contributed by atoms with van der Waals surface area (Å²) in [6, 6.07) is 11.7. The number of rotatable bonds is 5. The first-order valence-electron chi connectivity index (χ1n) is 7.40. The second kappa shape index (κ2) is 8.18. The average Bonchev–Trinajstić information content (AvgIpc) is 2.54. The Hall–Kier alpha value is -2.04. The number of para-hydroxylation sites is 1. The van der Waals surface area contributed by atoms with E-state index in [0.29, 0.717) is 21.3 Å². The van der Waals surface area contributed by atoms with E-state index in [-0.39, 0.29) is 24.0 Å². The van der Waals surface area contributed by atoms with Crippen LogP contribution in [0.4, 0.5) is 5.69 Å². The van der Waals surface area contributed by atoms with E-state index in [1.54, 1.807) is 56.3 Å². The van der Waals surface area contributed by atoms with Crippen molar-refractivity contribution >= 4 is 40.8 Å². The maximum Gasteiger partial charge on any atom is 0.340 e. The molecule has 4 nitrogen and oxygen atoms in total. The minimum atomic E-state index is -0.564. The van der Waals surface area contributed by atoms with Crippen LogP contribution in [0, 0.1) is 5.92 Å². The number of hydrogen-bond donors (Lipinski definition) is 1. The van der Waals surface area contributed by atoms with Gasteiger partial charge in [0.2, 0.25) is 5.91 Å². The highest BCUT2D eigenvalue weighted by molar-refractivity contribution is 6.35. The highest BCUT2D eigenvalue weighted by atomic mass is 35.5. The highest BCUT2D eigenvalue weighted by Crippen LogP contribution is 2.26. The number of nitrogens with one attached hydrogen (secondary N) is 1. The van der Waals surface area contributed by atoms with Crippen molar-refractivity contribution in [1.82, 2.24) is 0 Å². The van der Waals surface area contributed by atoms with Gasteiger partial charge in [0.05, 0.1) is 11.3 Å². The van der Waals surface area contributed by atoms with E-state index in [2.05, 4.69) is 5.32 Å². The number of carbonyl (C=O) groups is 2. The molecule has 1 N–H and O–H groups in total. The summed E-state index contributed by atoms with van der Waals surface area (Å²) in [6.07, 6.45) is 0. The smallest absolute Gasteiger partial charge is 0.340 e. The minimum absolute atomic E-state index is 0.0518. The van der Waals surface area contributed by atoms with Crippen molar-refractivity contribution < 1.29 is 14.3 Å². The van der Waals surface area contributed by atoms with Crippen LogP contribution in [0.1, 0.15) is 29.8 Å². The molecule has 0 radical (unpaired) electrons. The molecular formula is C18H17Cl2NO3. The molecule has 0 heterocycles. The Balaban J connectivity index is 2.14. The predicted octanol–water partition coefficient (Wildman–Crippen LogP) is 4.94. The molecule has 2 aromatic carbocycles. The summed E-state index contributed by atoms with van der Waals surface area (Å²) in [5, 5.41) is 3.57. The lowest BCUT2D eigenvalue weighted by Gasteiger charge is -2.13. The molecular weight excluding hydrogens is 349 g/mol. The van der Waals surface area contributed by atoms with Gasteiger partial charge in [0.15, 0.2) is 0 Å². The number of amides is 1. The maximum atomic E-state index is 12.4. The van der Waals surface area contributed by atoms with Gasteiger partial charge in [-0.05, 0) is 24.3 Å². The molecule has 6 heteroatoms. The Morgan fingerprint density at radius 2 is 1.67 bits per heavy atom. The lowest BCUT2D eigenvalue weighted by Crippen LogP contribution is -2.20. The summed E-state index contributed by atoms with van der Waals surface area (Å²) in [4.78, 5) is 24.2. The van der Waals surface area contributed by atoms with Crippen LogP contribution in [0.5, 0.6) is 0 Å². The summed E-state index contributed by atoms with van der Waals surface area (Å²) in [6.45, 7) is 3.50. The fourth-order valence-electron chi connectivity index (χ4n) is 1.93. The summed E-state index contributed by atoms with van der Waals surface area (Å²) >= 11 is 12.1. The van der Waals surface area contributed by atoms with Crippen molar-refractivity contribution in [3.63, 3.8) is 0 Å². The molecule has 0 aliphatic carbocycles. The predicted molar refractivity (Wildman–Crippen MR) is 95.5 cm³/mol. The summed E-state index contributed by atoms with van der Waals surface area (Å²) in [5.41, 5.74) is 1.22. The monoisotopic (exact) mass is 365 g/mol. The molecule has 0 saturated heterocycles. The second-order valence-corrected chi connectivity index (χ2v) is 6.28. The molecule has 2 rings (SSSR count). The Bertz CT molecular complexity index is 739. The quantitative estimate of drug-likeness (QED) is 0.763. The molecule has 0 fully saturated rings. The standard InChI is InChI=1S/C18H17Cl2NO3/c1-11(2)17(22)21-16-9-4-3-6-12(16)18(23)24-10-13-14(19)7-5-8-15(13)20/h3-9,11H,10H2,1-2H3,(H,21,22). The molecule has 0 spiro atoms. The first-order chi connectivity index (χ1) is 11.4. The van der Waals surface area contributed by atoms with E-state index < -0.39 is 5.97 Å². The van der Waals surface area contributed by atoms with Gasteiger partial charge in [-0.25, -0.2) is 4.79 Å².